The van der Waals surface area contributed by atoms with Gasteiger partial charge in [0.25, 0.3) is 0 Å². The second-order valence-electron chi connectivity index (χ2n) is 4.87. The minimum absolute atomic E-state index is 0.312. The lowest BCUT2D eigenvalue weighted by Gasteiger charge is -2.17. The van der Waals surface area contributed by atoms with Crippen molar-refractivity contribution in [3.05, 3.63) is 35.7 Å². The van der Waals surface area contributed by atoms with Gasteiger partial charge in [0.15, 0.2) is 0 Å². The Morgan fingerprint density at radius 1 is 1.29 bits per heavy atom. The van der Waals surface area contributed by atoms with Crippen molar-refractivity contribution in [2.24, 2.45) is 0 Å². The van der Waals surface area contributed by atoms with E-state index in [1.54, 1.807) is 0 Å². The van der Waals surface area contributed by atoms with Gasteiger partial charge in [0.2, 0.25) is 0 Å². The molecule has 0 atom stereocenters. The molecule has 0 saturated heterocycles. The molecule has 0 aromatic carbocycles. The predicted molar refractivity (Wildman–Crippen MR) is 70.5 cm³/mol. The highest BCUT2D eigenvalue weighted by Crippen LogP contribution is 2.25. The molecule has 2 heteroatoms. The molecule has 92 valence electrons. The van der Waals surface area contributed by atoms with Crippen LogP contribution in [-0.4, -0.2) is 11.1 Å². The predicted octanol–water partition coefficient (Wildman–Crippen LogP) is 3.86. The van der Waals surface area contributed by atoms with Gasteiger partial charge in [0.05, 0.1) is 5.69 Å². The maximum Gasteiger partial charge on any atom is 0.141 e. The van der Waals surface area contributed by atoms with E-state index in [-0.39, 0.29) is 0 Å². The van der Waals surface area contributed by atoms with Crippen LogP contribution in [0, 0.1) is 0 Å². The Morgan fingerprint density at radius 2 is 2.00 bits per heavy atom. The summed E-state index contributed by atoms with van der Waals surface area (Å²) >= 11 is 0. The van der Waals surface area contributed by atoms with Crippen molar-refractivity contribution in [2.75, 3.05) is 0 Å². The SMILES string of the molecule is CCc1nc(C(C)C)ccc1OC1CC=CC1. The third-order valence-corrected chi connectivity index (χ3v) is 3.14. The molecular formula is C15H21NO. The minimum Gasteiger partial charge on any atom is -0.488 e. The van der Waals surface area contributed by atoms with Gasteiger partial charge >= 0.3 is 0 Å². The van der Waals surface area contributed by atoms with Gasteiger partial charge in [-0.25, -0.2) is 0 Å². The zero-order chi connectivity index (χ0) is 12.3. The molecule has 0 unspecified atom stereocenters. The van der Waals surface area contributed by atoms with E-state index >= 15 is 0 Å². The summed E-state index contributed by atoms with van der Waals surface area (Å²) in [6.07, 6.45) is 7.66. The first-order chi connectivity index (χ1) is 8.20. The summed E-state index contributed by atoms with van der Waals surface area (Å²) < 4.78 is 6.01. The summed E-state index contributed by atoms with van der Waals surface area (Å²) in [7, 11) is 0. The summed E-state index contributed by atoms with van der Waals surface area (Å²) in [5.41, 5.74) is 2.24. The average molecular weight is 231 g/mol. The molecule has 2 nitrogen and oxygen atoms in total. The number of ether oxygens (including phenoxy) is 1. The fourth-order valence-corrected chi connectivity index (χ4v) is 2.06. The van der Waals surface area contributed by atoms with Crippen molar-refractivity contribution in [1.82, 2.24) is 4.98 Å². The molecule has 17 heavy (non-hydrogen) atoms. The van der Waals surface area contributed by atoms with Crippen LogP contribution in [-0.2, 0) is 6.42 Å². The first kappa shape index (κ1) is 12.2. The maximum absolute atomic E-state index is 6.01. The van der Waals surface area contributed by atoms with Gasteiger partial charge in [-0.05, 0) is 24.5 Å². The van der Waals surface area contributed by atoms with E-state index in [1.165, 1.54) is 0 Å². The molecule has 0 N–H and O–H groups in total. The van der Waals surface area contributed by atoms with E-state index in [0.717, 1.165) is 36.4 Å². The molecule has 0 bridgehead atoms. The Hall–Kier alpha value is -1.31. The Balaban J connectivity index is 2.15. The zero-order valence-corrected chi connectivity index (χ0v) is 10.9. The summed E-state index contributed by atoms with van der Waals surface area (Å²) in [5.74, 6) is 1.44. The Morgan fingerprint density at radius 3 is 2.59 bits per heavy atom. The second kappa shape index (κ2) is 5.35. The van der Waals surface area contributed by atoms with Crippen LogP contribution in [0.25, 0.3) is 0 Å². The van der Waals surface area contributed by atoms with Crippen LogP contribution in [0.2, 0.25) is 0 Å². The van der Waals surface area contributed by atoms with Crippen LogP contribution in [0.5, 0.6) is 5.75 Å². The molecule has 1 aromatic rings. The molecule has 0 saturated carbocycles. The van der Waals surface area contributed by atoms with E-state index in [2.05, 4.69) is 50.0 Å². The normalized spacial score (nSPS) is 15.8. The van der Waals surface area contributed by atoms with E-state index in [0.29, 0.717) is 12.0 Å². The van der Waals surface area contributed by atoms with Gasteiger partial charge in [0, 0.05) is 18.5 Å². The molecular weight excluding hydrogens is 210 g/mol. The second-order valence-corrected chi connectivity index (χ2v) is 4.87. The van der Waals surface area contributed by atoms with Gasteiger partial charge in [0.1, 0.15) is 11.9 Å². The molecule has 1 heterocycles. The quantitative estimate of drug-likeness (QED) is 0.734. The van der Waals surface area contributed by atoms with E-state index in [1.807, 2.05) is 0 Å². The largest absolute Gasteiger partial charge is 0.488 e. The zero-order valence-electron chi connectivity index (χ0n) is 10.9. The number of nitrogens with zero attached hydrogens (tertiary/aromatic N) is 1. The molecule has 2 rings (SSSR count). The number of rotatable bonds is 4. The van der Waals surface area contributed by atoms with Crippen LogP contribution in [0.3, 0.4) is 0 Å². The van der Waals surface area contributed by atoms with Crippen molar-refractivity contribution in [1.29, 1.82) is 0 Å². The average Bonchev–Trinajstić information content (AvgIpc) is 2.82. The summed E-state index contributed by atoms with van der Waals surface area (Å²) in [6, 6.07) is 4.17. The monoisotopic (exact) mass is 231 g/mol. The third-order valence-electron chi connectivity index (χ3n) is 3.14. The molecule has 1 aromatic heterocycles. The fraction of sp³-hybridized carbons (Fsp3) is 0.533. The Labute approximate surface area is 104 Å². The molecule has 0 aliphatic heterocycles. The van der Waals surface area contributed by atoms with Crippen molar-refractivity contribution in [2.45, 2.75) is 52.1 Å². The van der Waals surface area contributed by atoms with Crippen LogP contribution in [0.4, 0.5) is 0 Å². The van der Waals surface area contributed by atoms with Crippen LogP contribution in [0.1, 0.15) is 50.9 Å². The fourth-order valence-electron chi connectivity index (χ4n) is 2.06. The van der Waals surface area contributed by atoms with Gasteiger partial charge in [-0.3, -0.25) is 4.98 Å². The van der Waals surface area contributed by atoms with Crippen molar-refractivity contribution < 1.29 is 4.74 Å². The molecule has 0 spiro atoms. The highest BCUT2D eigenvalue weighted by Gasteiger charge is 2.15. The van der Waals surface area contributed by atoms with Crippen molar-refractivity contribution in [3.8, 4) is 5.75 Å². The van der Waals surface area contributed by atoms with E-state index in [4.69, 9.17) is 4.74 Å². The number of aryl methyl sites for hydroxylation is 1. The topological polar surface area (TPSA) is 22.1 Å². The lowest BCUT2D eigenvalue weighted by atomic mass is 10.1. The summed E-state index contributed by atoms with van der Waals surface area (Å²) in [6.45, 7) is 6.47. The molecule has 1 aliphatic carbocycles. The van der Waals surface area contributed by atoms with Gasteiger partial charge in [-0.15, -0.1) is 0 Å². The number of hydrogen-bond acceptors (Lipinski definition) is 2. The highest BCUT2D eigenvalue weighted by atomic mass is 16.5. The number of pyridine rings is 1. The summed E-state index contributed by atoms with van der Waals surface area (Å²) in [5, 5.41) is 0. The standard InChI is InChI=1S/C15H21NO/c1-4-13-15(17-12-7-5-6-8-12)10-9-14(16-13)11(2)3/h5-6,9-12H,4,7-8H2,1-3H3. The van der Waals surface area contributed by atoms with Gasteiger partial charge in [-0.2, -0.15) is 0 Å². The van der Waals surface area contributed by atoms with Gasteiger partial charge < -0.3 is 4.74 Å². The minimum atomic E-state index is 0.312. The maximum atomic E-state index is 6.01. The molecule has 1 aliphatic rings. The number of aromatic nitrogens is 1. The molecule has 0 radical (unpaired) electrons. The first-order valence-corrected chi connectivity index (χ1v) is 6.52. The molecule has 0 amide bonds. The van der Waals surface area contributed by atoms with Crippen LogP contribution >= 0.6 is 0 Å². The highest BCUT2D eigenvalue weighted by molar-refractivity contribution is 5.31. The van der Waals surface area contributed by atoms with E-state index in [9.17, 15) is 0 Å². The third kappa shape index (κ3) is 2.87. The summed E-state index contributed by atoms with van der Waals surface area (Å²) in [4.78, 5) is 4.69. The van der Waals surface area contributed by atoms with Crippen molar-refractivity contribution >= 4 is 0 Å². The molecule has 0 fully saturated rings. The lowest BCUT2D eigenvalue weighted by molar-refractivity contribution is 0.213. The number of hydrogen-bond donors (Lipinski definition) is 0. The Bertz CT molecular complexity index is 401. The van der Waals surface area contributed by atoms with Crippen LogP contribution < -0.4 is 4.74 Å². The lowest BCUT2D eigenvalue weighted by Crippen LogP contribution is -2.13. The van der Waals surface area contributed by atoms with Crippen molar-refractivity contribution in [3.63, 3.8) is 0 Å². The Kier molecular flexibility index (Phi) is 3.82. The first-order valence-electron chi connectivity index (χ1n) is 6.52. The van der Waals surface area contributed by atoms with Crippen LogP contribution in [0.15, 0.2) is 24.3 Å². The smallest absolute Gasteiger partial charge is 0.141 e. The van der Waals surface area contributed by atoms with E-state index < -0.39 is 0 Å². The van der Waals surface area contributed by atoms with Gasteiger partial charge in [-0.1, -0.05) is 32.9 Å².